The predicted molar refractivity (Wildman–Crippen MR) is 265 cm³/mol. The molecular formula is C58H65BN2. The van der Waals surface area contributed by atoms with Crippen molar-refractivity contribution in [3.05, 3.63) is 148 Å². The fourth-order valence-corrected chi connectivity index (χ4v) is 11.4. The second-order valence-electron chi connectivity index (χ2n) is 22.6. The van der Waals surface area contributed by atoms with Crippen LogP contribution in [0.5, 0.6) is 0 Å². The van der Waals surface area contributed by atoms with E-state index in [-0.39, 0.29) is 33.8 Å². The summed E-state index contributed by atoms with van der Waals surface area (Å²) in [7, 11) is 0. The molecule has 0 saturated heterocycles. The average Bonchev–Trinajstić information content (AvgIpc) is 3.23. The number of hydrogen-bond donors (Lipinski definition) is 0. The van der Waals surface area contributed by atoms with Crippen molar-refractivity contribution in [3.63, 3.8) is 0 Å². The molecule has 2 aliphatic heterocycles. The Morgan fingerprint density at radius 1 is 0.508 bits per heavy atom. The largest absolute Gasteiger partial charge is 0.311 e. The van der Waals surface area contributed by atoms with Crippen molar-refractivity contribution in [1.82, 2.24) is 0 Å². The van der Waals surface area contributed by atoms with E-state index in [1.807, 2.05) is 12.1 Å². The first-order valence-electron chi connectivity index (χ1n) is 24.3. The number of hydrogen-bond acceptors (Lipinski definition) is 2. The first kappa shape index (κ1) is 36.6. The van der Waals surface area contributed by atoms with Gasteiger partial charge < -0.3 is 9.80 Å². The van der Waals surface area contributed by atoms with Crippen molar-refractivity contribution >= 4 is 57.2 Å². The van der Waals surface area contributed by atoms with Crippen LogP contribution in [0.4, 0.5) is 34.1 Å². The maximum absolute atomic E-state index is 9.10. The number of fused-ring (bicyclic) bond motifs is 6. The second kappa shape index (κ2) is 13.2. The number of aryl methyl sites for hydroxylation is 2. The quantitative estimate of drug-likeness (QED) is 0.164. The Bertz CT molecular complexity index is 2890. The summed E-state index contributed by atoms with van der Waals surface area (Å²) in [5.41, 5.74) is 20.5. The summed E-state index contributed by atoms with van der Waals surface area (Å²) in [5.74, 6) is 0. The molecule has 0 saturated carbocycles. The maximum atomic E-state index is 9.10. The molecule has 0 aromatic heterocycles. The van der Waals surface area contributed by atoms with Crippen molar-refractivity contribution in [2.75, 3.05) is 9.80 Å². The van der Waals surface area contributed by atoms with Gasteiger partial charge in [0.1, 0.15) is 0 Å². The first-order chi connectivity index (χ1) is 29.9. The van der Waals surface area contributed by atoms with Crippen LogP contribution < -0.4 is 26.2 Å². The molecule has 6 aromatic rings. The van der Waals surface area contributed by atoms with E-state index in [0.717, 1.165) is 82.0 Å². The lowest BCUT2D eigenvalue weighted by Gasteiger charge is -2.48. The van der Waals surface area contributed by atoms with Crippen molar-refractivity contribution in [1.29, 1.82) is 0 Å². The van der Waals surface area contributed by atoms with Crippen LogP contribution in [-0.2, 0) is 27.1 Å². The monoisotopic (exact) mass is 804 g/mol. The minimum Gasteiger partial charge on any atom is -0.311 e. The van der Waals surface area contributed by atoms with Crippen LogP contribution in [-0.4, -0.2) is 6.71 Å². The van der Waals surface area contributed by atoms with Gasteiger partial charge in [-0.2, -0.15) is 0 Å². The number of anilines is 6. The molecular weight excluding hydrogens is 735 g/mol. The first-order valence-corrected chi connectivity index (χ1v) is 22.8. The third-order valence-electron chi connectivity index (χ3n) is 15.6. The molecule has 61 heavy (non-hydrogen) atoms. The van der Waals surface area contributed by atoms with E-state index < -0.39 is 6.85 Å². The molecule has 2 aliphatic carbocycles. The topological polar surface area (TPSA) is 6.48 Å². The van der Waals surface area contributed by atoms with Crippen LogP contribution in [0.1, 0.15) is 145 Å². The van der Waals surface area contributed by atoms with Gasteiger partial charge in [0.15, 0.2) is 0 Å². The van der Waals surface area contributed by atoms with Gasteiger partial charge in [-0.25, -0.2) is 0 Å². The van der Waals surface area contributed by atoms with Gasteiger partial charge in [0.05, 0.1) is 0 Å². The van der Waals surface area contributed by atoms with Crippen LogP contribution in [0.25, 0.3) is 11.1 Å². The van der Waals surface area contributed by atoms with Crippen molar-refractivity contribution in [3.8, 4) is 11.1 Å². The van der Waals surface area contributed by atoms with Gasteiger partial charge in [-0.1, -0.05) is 143 Å². The third kappa shape index (κ3) is 6.18. The zero-order chi connectivity index (χ0) is 45.7. The molecule has 0 spiro atoms. The molecule has 310 valence electrons. The standard InChI is InChI=1S/C58H65BN2/c1-36-29-51-53-52(30-36)61(48-32-40(54(3,4)5)21-19-37(48)2)49-31-39(38-17-15-14-16-18-38)20-24-46(49)59(53)47-34-44-45(58(12,13)28-27-57(44,10)11)35-50(47)60(51)41-22-23-42-43(33-41)56(8,9)26-25-55(42,6)7/h14-24,29-35H,25-28H2,1-13H3/i1D3. The average molecular weight is 804 g/mol. The zero-order valence-corrected chi connectivity index (χ0v) is 38.7. The van der Waals surface area contributed by atoms with Gasteiger partial charge in [0.2, 0.25) is 0 Å². The molecule has 0 unspecified atom stereocenters. The Morgan fingerprint density at radius 2 is 1.10 bits per heavy atom. The summed E-state index contributed by atoms with van der Waals surface area (Å²) < 4.78 is 27.3. The lowest BCUT2D eigenvalue weighted by molar-refractivity contribution is 0.332. The van der Waals surface area contributed by atoms with Crippen molar-refractivity contribution in [2.45, 2.75) is 143 Å². The van der Waals surface area contributed by atoms with Gasteiger partial charge in [0, 0.05) is 38.2 Å². The fraction of sp³-hybridized carbons (Fsp3) is 0.379. The van der Waals surface area contributed by atoms with E-state index >= 15 is 0 Å². The smallest absolute Gasteiger partial charge is 0.252 e. The van der Waals surface area contributed by atoms with E-state index in [4.69, 9.17) is 4.11 Å². The van der Waals surface area contributed by atoms with Gasteiger partial charge >= 0.3 is 0 Å². The van der Waals surface area contributed by atoms with E-state index in [1.54, 1.807) is 0 Å². The minimum atomic E-state index is -2.35. The molecule has 2 heterocycles. The van der Waals surface area contributed by atoms with Crippen LogP contribution in [0.3, 0.4) is 0 Å². The highest BCUT2D eigenvalue weighted by molar-refractivity contribution is 7.00. The number of benzene rings is 6. The summed E-state index contributed by atoms with van der Waals surface area (Å²) in [6.45, 7) is 25.8. The normalized spacial score (nSPS) is 19.7. The Balaban J connectivity index is 1.36. The van der Waals surface area contributed by atoms with E-state index in [0.29, 0.717) is 5.56 Å². The lowest BCUT2D eigenvalue weighted by atomic mass is 9.33. The van der Waals surface area contributed by atoms with Crippen molar-refractivity contribution in [2.24, 2.45) is 0 Å². The number of nitrogens with zero attached hydrogens (tertiary/aromatic N) is 2. The molecule has 0 atom stereocenters. The Hall–Kier alpha value is -5.02. The molecule has 4 aliphatic rings. The molecule has 0 radical (unpaired) electrons. The van der Waals surface area contributed by atoms with Crippen LogP contribution in [0.15, 0.2) is 109 Å². The molecule has 0 fully saturated rings. The summed E-state index contributed by atoms with van der Waals surface area (Å²) in [5, 5.41) is 0. The molecule has 2 nitrogen and oxygen atoms in total. The van der Waals surface area contributed by atoms with Crippen molar-refractivity contribution < 1.29 is 4.11 Å². The molecule has 0 amide bonds. The summed E-state index contributed by atoms with van der Waals surface area (Å²) in [6, 6.07) is 40.8. The van der Waals surface area contributed by atoms with Crippen LogP contribution >= 0.6 is 0 Å². The van der Waals surface area contributed by atoms with Crippen LogP contribution in [0, 0.1) is 13.8 Å². The summed E-state index contributed by atoms with van der Waals surface area (Å²) in [4.78, 5) is 4.89. The fourth-order valence-electron chi connectivity index (χ4n) is 11.4. The van der Waals surface area contributed by atoms with Gasteiger partial charge in [-0.3, -0.25) is 0 Å². The Labute approximate surface area is 371 Å². The van der Waals surface area contributed by atoms with E-state index in [1.165, 1.54) is 38.7 Å². The highest BCUT2D eigenvalue weighted by Gasteiger charge is 2.47. The summed E-state index contributed by atoms with van der Waals surface area (Å²) in [6.07, 6.45) is 4.48. The predicted octanol–water partition coefficient (Wildman–Crippen LogP) is 14.0. The molecule has 10 rings (SSSR count). The molecule has 3 heteroatoms. The maximum Gasteiger partial charge on any atom is 0.252 e. The SMILES string of the molecule is [2H]C([2H])([2H])c1cc2c3c(c1)N(c1cc(C(C)(C)C)ccc1C)c1cc(-c4ccccc4)ccc1B3c1cc3c(cc1N2c1ccc2c(c1)C(C)(C)CCC2(C)C)C(C)(C)CCC3(C)C. The summed E-state index contributed by atoms with van der Waals surface area (Å²) >= 11 is 0. The molecule has 0 bridgehead atoms. The van der Waals surface area contributed by atoms with E-state index in [2.05, 4.69) is 190 Å². The lowest BCUT2D eigenvalue weighted by Crippen LogP contribution is -2.62. The Morgan fingerprint density at radius 3 is 1.74 bits per heavy atom. The minimum absolute atomic E-state index is 0.00829. The molecule has 6 aromatic carbocycles. The van der Waals surface area contributed by atoms with Gasteiger partial charge in [-0.15, -0.1) is 0 Å². The zero-order valence-electron chi connectivity index (χ0n) is 41.7. The van der Waals surface area contributed by atoms with Gasteiger partial charge in [-0.05, 0) is 175 Å². The van der Waals surface area contributed by atoms with Crippen LogP contribution in [0.2, 0.25) is 0 Å². The highest BCUT2D eigenvalue weighted by atomic mass is 15.2. The third-order valence-corrected chi connectivity index (χ3v) is 15.6. The van der Waals surface area contributed by atoms with Gasteiger partial charge in [0.25, 0.3) is 6.71 Å². The Kier molecular flexibility index (Phi) is 7.95. The molecule has 0 N–H and O–H groups in total. The number of rotatable bonds is 3. The highest BCUT2D eigenvalue weighted by Crippen LogP contribution is 2.53. The van der Waals surface area contributed by atoms with E-state index in [9.17, 15) is 0 Å². The second-order valence-corrected chi connectivity index (χ2v) is 22.6.